The molecule has 0 saturated heterocycles. The minimum Gasteiger partial charge on any atom is -0.484 e. The zero-order valence-corrected chi connectivity index (χ0v) is 20.8. The molecule has 0 saturated carbocycles. The van der Waals surface area contributed by atoms with Crippen molar-refractivity contribution in [3.8, 4) is 5.75 Å². The van der Waals surface area contributed by atoms with Gasteiger partial charge in [0.05, 0.1) is 0 Å². The highest BCUT2D eigenvalue weighted by Crippen LogP contribution is 2.19. The van der Waals surface area contributed by atoms with E-state index in [2.05, 4.69) is 21.2 Å². The number of nitrogens with zero attached hydrogens (tertiary/aromatic N) is 1. The van der Waals surface area contributed by atoms with Gasteiger partial charge in [0.15, 0.2) is 6.61 Å². The molecule has 3 rings (SSSR count). The van der Waals surface area contributed by atoms with Gasteiger partial charge in [0, 0.05) is 23.5 Å². The molecule has 0 aliphatic heterocycles. The summed E-state index contributed by atoms with van der Waals surface area (Å²) >= 11 is 3.47. The first-order chi connectivity index (χ1) is 16.3. The number of hydrogen-bond acceptors (Lipinski definition) is 3. The van der Waals surface area contributed by atoms with Gasteiger partial charge in [-0.3, -0.25) is 9.59 Å². The summed E-state index contributed by atoms with van der Waals surface area (Å²) in [5.41, 5.74) is 1.82. The fourth-order valence-corrected chi connectivity index (χ4v) is 3.97. The Morgan fingerprint density at radius 2 is 1.65 bits per heavy atom. The molecule has 0 heterocycles. The van der Waals surface area contributed by atoms with Gasteiger partial charge in [0.1, 0.15) is 17.6 Å². The molecule has 0 radical (unpaired) electrons. The Balaban J connectivity index is 1.90. The van der Waals surface area contributed by atoms with Crippen molar-refractivity contribution in [2.24, 2.45) is 0 Å². The molecule has 0 aliphatic rings. The van der Waals surface area contributed by atoms with Crippen molar-refractivity contribution in [3.63, 3.8) is 0 Å². The highest BCUT2D eigenvalue weighted by atomic mass is 79.9. The zero-order chi connectivity index (χ0) is 24.5. The molecule has 178 valence electrons. The average Bonchev–Trinajstić information content (AvgIpc) is 2.81. The first-order valence-electron chi connectivity index (χ1n) is 11.1. The van der Waals surface area contributed by atoms with E-state index in [4.69, 9.17) is 4.74 Å². The lowest BCUT2D eigenvalue weighted by atomic mass is 10.0. The van der Waals surface area contributed by atoms with Crippen LogP contribution in [0.5, 0.6) is 5.75 Å². The lowest BCUT2D eigenvalue weighted by Crippen LogP contribution is -2.52. The lowest BCUT2D eigenvalue weighted by molar-refractivity contribution is -0.143. The predicted octanol–water partition coefficient (Wildman–Crippen LogP) is 5.13. The van der Waals surface area contributed by atoms with Gasteiger partial charge in [-0.05, 0) is 61.4 Å². The Labute approximate surface area is 208 Å². The fourth-order valence-electron chi connectivity index (χ4n) is 3.53. The molecular formula is C27H28BrFN2O3. The molecule has 1 N–H and O–H groups in total. The standard InChI is InChI=1S/C27H28BrFN2O3/c1-19(2)30-27(33)25(16-20-7-4-3-5-8-20)31(17-21-9-6-10-22(28)15-21)26(32)18-34-24-13-11-23(29)12-14-24/h3-15,19,25H,16-18H2,1-2H3,(H,30,33). The summed E-state index contributed by atoms with van der Waals surface area (Å²) < 4.78 is 19.7. The third kappa shape index (κ3) is 7.70. The van der Waals surface area contributed by atoms with E-state index in [0.717, 1.165) is 15.6 Å². The van der Waals surface area contributed by atoms with Crippen LogP contribution in [0, 0.1) is 5.82 Å². The van der Waals surface area contributed by atoms with E-state index in [1.807, 2.05) is 68.4 Å². The van der Waals surface area contributed by atoms with Crippen LogP contribution in [0.2, 0.25) is 0 Å². The number of ether oxygens (including phenoxy) is 1. The van der Waals surface area contributed by atoms with Gasteiger partial charge in [0.2, 0.25) is 5.91 Å². The lowest BCUT2D eigenvalue weighted by Gasteiger charge is -2.32. The number of amides is 2. The number of nitrogens with one attached hydrogen (secondary N) is 1. The van der Waals surface area contributed by atoms with Crippen molar-refractivity contribution in [2.45, 2.75) is 38.9 Å². The molecule has 0 bridgehead atoms. The molecule has 0 aromatic heterocycles. The minimum absolute atomic E-state index is 0.0796. The second-order valence-corrected chi connectivity index (χ2v) is 9.18. The molecule has 1 unspecified atom stereocenters. The highest BCUT2D eigenvalue weighted by Gasteiger charge is 2.31. The van der Waals surface area contributed by atoms with Crippen LogP contribution in [-0.4, -0.2) is 35.4 Å². The zero-order valence-electron chi connectivity index (χ0n) is 19.2. The first kappa shape index (κ1) is 25.4. The second kappa shape index (κ2) is 12.3. The van der Waals surface area contributed by atoms with E-state index in [9.17, 15) is 14.0 Å². The summed E-state index contributed by atoms with van der Waals surface area (Å²) in [5.74, 6) is -0.584. The van der Waals surface area contributed by atoms with Crippen LogP contribution in [0.3, 0.4) is 0 Å². The van der Waals surface area contributed by atoms with E-state index in [0.29, 0.717) is 12.2 Å². The number of rotatable bonds is 10. The predicted molar refractivity (Wildman–Crippen MR) is 134 cm³/mol. The van der Waals surface area contributed by atoms with Crippen molar-refractivity contribution < 1.29 is 18.7 Å². The fraction of sp³-hybridized carbons (Fsp3) is 0.259. The normalized spacial score (nSPS) is 11.7. The molecule has 3 aromatic rings. The van der Waals surface area contributed by atoms with Crippen molar-refractivity contribution >= 4 is 27.7 Å². The molecular weight excluding hydrogens is 499 g/mol. The number of hydrogen-bond donors (Lipinski definition) is 1. The average molecular weight is 527 g/mol. The molecule has 3 aromatic carbocycles. The molecule has 7 heteroatoms. The number of carbonyl (C=O) groups is 2. The van der Waals surface area contributed by atoms with Crippen LogP contribution in [0.15, 0.2) is 83.3 Å². The van der Waals surface area contributed by atoms with Crippen molar-refractivity contribution in [3.05, 3.63) is 100 Å². The van der Waals surface area contributed by atoms with Crippen molar-refractivity contribution in [2.75, 3.05) is 6.61 Å². The molecule has 0 spiro atoms. The molecule has 0 aliphatic carbocycles. The van der Waals surface area contributed by atoms with Crippen molar-refractivity contribution in [1.29, 1.82) is 0 Å². The number of benzene rings is 3. The summed E-state index contributed by atoms with van der Waals surface area (Å²) in [6.45, 7) is 3.72. The van der Waals surface area contributed by atoms with Crippen LogP contribution in [0.1, 0.15) is 25.0 Å². The molecule has 2 amide bonds. The van der Waals surface area contributed by atoms with Gasteiger partial charge in [-0.15, -0.1) is 0 Å². The van der Waals surface area contributed by atoms with E-state index in [-0.39, 0.29) is 36.8 Å². The Bertz CT molecular complexity index is 1090. The maximum atomic E-state index is 13.4. The molecule has 34 heavy (non-hydrogen) atoms. The van der Waals surface area contributed by atoms with Gasteiger partial charge in [-0.2, -0.15) is 0 Å². The van der Waals surface area contributed by atoms with Crippen LogP contribution in [0.4, 0.5) is 4.39 Å². The van der Waals surface area contributed by atoms with Gasteiger partial charge in [0.25, 0.3) is 5.91 Å². The summed E-state index contributed by atoms with van der Waals surface area (Å²) in [5, 5.41) is 2.95. The Kier molecular flexibility index (Phi) is 9.22. The Morgan fingerprint density at radius 1 is 0.971 bits per heavy atom. The Hall–Kier alpha value is -3.19. The Morgan fingerprint density at radius 3 is 2.29 bits per heavy atom. The van der Waals surface area contributed by atoms with E-state index < -0.39 is 6.04 Å². The van der Waals surface area contributed by atoms with Crippen LogP contribution in [0.25, 0.3) is 0 Å². The smallest absolute Gasteiger partial charge is 0.261 e. The summed E-state index contributed by atoms with van der Waals surface area (Å²) in [4.78, 5) is 28.3. The summed E-state index contributed by atoms with van der Waals surface area (Å²) in [6.07, 6.45) is 0.357. The van der Waals surface area contributed by atoms with E-state index in [1.54, 1.807) is 4.90 Å². The monoisotopic (exact) mass is 526 g/mol. The van der Waals surface area contributed by atoms with E-state index >= 15 is 0 Å². The van der Waals surface area contributed by atoms with Crippen molar-refractivity contribution in [1.82, 2.24) is 10.2 Å². The molecule has 1 atom stereocenters. The number of carbonyl (C=O) groups excluding carboxylic acids is 2. The third-order valence-electron chi connectivity index (χ3n) is 5.12. The van der Waals surface area contributed by atoms with E-state index in [1.165, 1.54) is 24.3 Å². The number of halogens is 2. The minimum atomic E-state index is -0.743. The third-order valence-corrected chi connectivity index (χ3v) is 5.61. The van der Waals surface area contributed by atoms with Gasteiger partial charge in [-0.1, -0.05) is 58.4 Å². The van der Waals surface area contributed by atoms with Gasteiger partial charge >= 0.3 is 0 Å². The largest absolute Gasteiger partial charge is 0.484 e. The quantitative estimate of drug-likeness (QED) is 0.398. The van der Waals surface area contributed by atoms with Gasteiger partial charge < -0.3 is 15.0 Å². The maximum Gasteiger partial charge on any atom is 0.261 e. The summed E-state index contributed by atoms with van der Waals surface area (Å²) in [6, 6.07) is 21.9. The van der Waals surface area contributed by atoms with Gasteiger partial charge in [-0.25, -0.2) is 4.39 Å². The second-order valence-electron chi connectivity index (χ2n) is 8.26. The maximum absolute atomic E-state index is 13.4. The molecule has 5 nitrogen and oxygen atoms in total. The van der Waals surface area contributed by atoms with Crippen LogP contribution >= 0.6 is 15.9 Å². The van der Waals surface area contributed by atoms with Crippen LogP contribution in [-0.2, 0) is 22.6 Å². The van der Waals surface area contributed by atoms with Crippen LogP contribution < -0.4 is 10.1 Å². The summed E-state index contributed by atoms with van der Waals surface area (Å²) in [7, 11) is 0. The topological polar surface area (TPSA) is 58.6 Å². The molecule has 0 fully saturated rings. The SMILES string of the molecule is CC(C)NC(=O)C(Cc1ccccc1)N(Cc1cccc(Br)c1)C(=O)COc1ccc(F)cc1. The highest BCUT2D eigenvalue weighted by molar-refractivity contribution is 9.10. The first-order valence-corrected chi connectivity index (χ1v) is 11.9.